The van der Waals surface area contributed by atoms with Crippen molar-refractivity contribution in [1.29, 1.82) is 0 Å². The van der Waals surface area contributed by atoms with Gasteiger partial charge in [-0.1, -0.05) is 40.6 Å². The Bertz CT molecular complexity index is 896. The van der Waals surface area contributed by atoms with Crippen LogP contribution in [0.5, 0.6) is 0 Å². The van der Waals surface area contributed by atoms with Gasteiger partial charge in [0.25, 0.3) is 0 Å². The van der Waals surface area contributed by atoms with Gasteiger partial charge in [-0.2, -0.15) is 0 Å². The Balaban J connectivity index is 1.68. The van der Waals surface area contributed by atoms with Gasteiger partial charge in [0.15, 0.2) is 5.01 Å². The molecular formula is C16H10Cl2N4OS. The van der Waals surface area contributed by atoms with Crippen LogP contribution in [0.4, 0.5) is 5.13 Å². The molecule has 0 aliphatic rings. The third kappa shape index (κ3) is 4.17. The topological polar surface area (TPSA) is 67.8 Å². The van der Waals surface area contributed by atoms with Gasteiger partial charge in [-0.3, -0.25) is 15.1 Å². The van der Waals surface area contributed by atoms with Gasteiger partial charge in [-0.15, -0.1) is 10.2 Å². The smallest absolute Gasteiger partial charge is 0.250 e. The number of aromatic nitrogens is 3. The first kappa shape index (κ1) is 16.6. The van der Waals surface area contributed by atoms with Crippen LogP contribution >= 0.6 is 34.5 Å². The van der Waals surface area contributed by atoms with Crippen LogP contribution in [-0.2, 0) is 4.79 Å². The van der Waals surface area contributed by atoms with Gasteiger partial charge in [-0.05, 0) is 42.0 Å². The first-order chi connectivity index (χ1) is 11.6. The first-order valence-corrected chi connectivity index (χ1v) is 8.38. The maximum atomic E-state index is 12.0. The summed E-state index contributed by atoms with van der Waals surface area (Å²) in [7, 11) is 0. The number of hydrogen-bond donors (Lipinski definition) is 1. The third-order valence-electron chi connectivity index (χ3n) is 2.91. The van der Waals surface area contributed by atoms with E-state index in [1.165, 1.54) is 17.4 Å². The number of anilines is 1. The predicted molar refractivity (Wildman–Crippen MR) is 97.3 cm³/mol. The highest BCUT2D eigenvalue weighted by Crippen LogP contribution is 2.25. The molecule has 0 fully saturated rings. The summed E-state index contributed by atoms with van der Waals surface area (Å²) in [5.74, 6) is -0.338. The molecule has 1 N–H and O–H groups in total. The van der Waals surface area contributed by atoms with Gasteiger partial charge in [0.2, 0.25) is 11.0 Å². The Hall–Kier alpha value is -2.28. The van der Waals surface area contributed by atoms with E-state index < -0.39 is 0 Å². The molecule has 2 aromatic heterocycles. The minimum absolute atomic E-state index is 0.338. The summed E-state index contributed by atoms with van der Waals surface area (Å²) >= 11 is 13.2. The average molecular weight is 377 g/mol. The van der Waals surface area contributed by atoms with Gasteiger partial charge < -0.3 is 0 Å². The van der Waals surface area contributed by atoms with Crippen molar-refractivity contribution in [2.75, 3.05) is 5.32 Å². The standard InChI is InChI=1S/C16H10Cl2N4OS/c17-11-5-6-12(18)10(9-11)4-7-14(23)20-16-22-21-15(24-16)13-3-1-2-8-19-13/h1-9H,(H,20,22,23)/b7-4+. The van der Waals surface area contributed by atoms with Crippen molar-refractivity contribution in [3.05, 3.63) is 64.3 Å². The van der Waals surface area contributed by atoms with Crippen molar-refractivity contribution >= 4 is 51.7 Å². The Labute approximate surface area is 152 Å². The second kappa shape index (κ2) is 7.53. The summed E-state index contributed by atoms with van der Waals surface area (Å²) in [6.07, 6.45) is 4.62. The summed E-state index contributed by atoms with van der Waals surface area (Å²) < 4.78 is 0. The highest BCUT2D eigenvalue weighted by molar-refractivity contribution is 7.18. The lowest BCUT2D eigenvalue weighted by Gasteiger charge is -1.99. The fourth-order valence-corrected chi connectivity index (χ4v) is 2.91. The van der Waals surface area contributed by atoms with Crippen LogP contribution < -0.4 is 5.32 Å². The summed E-state index contributed by atoms with van der Waals surface area (Å²) in [5, 5.41) is 12.7. The van der Waals surface area contributed by atoms with Gasteiger partial charge in [0.1, 0.15) is 5.69 Å². The van der Waals surface area contributed by atoms with Crippen molar-refractivity contribution < 1.29 is 4.79 Å². The SMILES string of the molecule is O=C(/C=C/c1cc(Cl)ccc1Cl)Nc1nnc(-c2ccccn2)s1. The molecule has 1 amide bonds. The van der Waals surface area contributed by atoms with Crippen LogP contribution in [-0.4, -0.2) is 21.1 Å². The third-order valence-corrected chi connectivity index (χ3v) is 4.35. The maximum Gasteiger partial charge on any atom is 0.250 e. The Kier molecular flexibility index (Phi) is 5.20. The number of hydrogen-bond acceptors (Lipinski definition) is 5. The molecule has 0 aliphatic carbocycles. The summed E-state index contributed by atoms with van der Waals surface area (Å²) in [6, 6.07) is 10.5. The quantitative estimate of drug-likeness (QED) is 0.677. The maximum absolute atomic E-state index is 12.0. The monoisotopic (exact) mass is 376 g/mol. The molecule has 0 aliphatic heterocycles. The summed E-state index contributed by atoms with van der Waals surface area (Å²) in [5.41, 5.74) is 1.36. The molecule has 120 valence electrons. The van der Waals surface area contributed by atoms with Crippen LogP contribution in [0.25, 0.3) is 16.8 Å². The van der Waals surface area contributed by atoms with E-state index >= 15 is 0 Å². The van der Waals surface area contributed by atoms with Crippen LogP contribution in [0.15, 0.2) is 48.7 Å². The average Bonchev–Trinajstić information content (AvgIpc) is 3.05. The molecule has 0 bridgehead atoms. The van der Waals surface area contributed by atoms with E-state index in [1.54, 1.807) is 30.5 Å². The zero-order chi connectivity index (χ0) is 16.9. The van der Waals surface area contributed by atoms with Gasteiger partial charge in [0, 0.05) is 22.3 Å². The molecular weight excluding hydrogens is 367 g/mol. The zero-order valence-corrected chi connectivity index (χ0v) is 14.4. The van der Waals surface area contributed by atoms with Gasteiger partial charge in [-0.25, -0.2) is 0 Å². The van der Waals surface area contributed by atoms with Gasteiger partial charge >= 0.3 is 0 Å². The van der Waals surface area contributed by atoms with E-state index in [0.717, 1.165) is 0 Å². The number of nitrogens with zero attached hydrogens (tertiary/aromatic N) is 3. The Morgan fingerprint density at radius 2 is 2.04 bits per heavy atom. The second-order valence-corrected chi connectivity index (χ2v) is 6.44. The van der Waals surface area contributed by atoms with E-state index in [2.05, 4.69) is 20.5 Å². The summed E-state index contributed by atoms with van der Waals surface area (Å²) in [6.45, 7) is 0. The largest absolute Gasteiger partial charge is 0.297 e. The lowest BCUT2D eigenvalue weighted by molar-refractivity contribution is -0.111. The number of pyridine rings is 1. The highest BCUT2D eigenvalue weighted by Gasteiger charge is 2.09. The molecule has 1 aromatic carbocycles. The minimum Gasteiger partial charge on any atom is -0.297 e. The highest BCUT2D eigenvalue weighted by atomic mass is 35.5. The fraction of sp³-hybridized carbons (Fsp3) is 0. The molecule has 2 heterocycles. The van der Waals surface area contributed by atoms with Crippen molar-refractivity contribution in [2.24, 2.45) is 0 Å². The molecule has 8 heteroatoms. The van der Waals surface area contributed by atoms with E-state index in [4.69, 9.17) is 23.2 Å². The Morgan fingerprint density at radius 1 is 1.17 bits per heavy atom. The van der Waals surface area contributed by atoms with E-state index in [-0.39, 0.29) is 5.91 Å². The van der Waals surface area contributed by atoms with Crippen LogP contribution in [0.1, 0.15) is 5.56 Å². The van der Waals surface area contributed by atoms with E-state index in [9.17, 15) is 4.79 Å². The first-order valence-electron chi connectivity index (χ1n) is 6.81. The van der Waals surface area contributed by atoms with Crippen LogP contribution in [0, 0.1) is 0 Å². The molecule has 0 saturated carbocycles. The van der Waals surface area contributed by atoms with Crippen LogP contribution in [0.3, 0.4) is 0 Å². The van der Waals surface area contributed by atoms with Crippen LogP contribution in [0.2, 0.25) is 10.0 Å². The summed E-state index contributed by atoms with van der Waals surface area (Å²) in [4.78, 5) is 16.2. The molecule has 0 atom stereocenters. The predicted octanol–water partition coefficient (Wildman–Crippen LogP) is 4.56. The Morgan fingerprint density at radius 3 is 2.83 bits per heavy atom. The lowest BCUT2D eigenvalue weighted by Crippen LogP contribution is -2.07. The normalized spacial score (nSPS) is 10.9. The molecule has 0 unspecified atom stereocenters. The molecule has 0 saturated heterocycles. The molecule has 24 heavy (non-hydrogen) atoms. The minimum atomic E-state index is -0.338. The number of carbonyl (C=O) groups is 1. The molecule has 5 nitrogen and oxygen atoms in total. The number of benzene rings is 1. The van der Waals surface area contributed by atoms with Gasteiger partial charge in [0.05, 0.1) is 0 Å². The fourth-order valence-electron chi connectivity index (χ4n) is 1.82. The molecule has 3 rings (SSSR count). The zero-order valence-electron chi connectivity index (χ0n) is 12.1. The number of carbonyl (C=O) groups excluding carboxylic acids is 1. The molecule has 3 aromatic rings. The van der Waals surface area contributed by atoms with E-state index in [0.29, 0.717) is 31.4 Å². The number of nitrogens with one attached hydrogen (secondary N) is 1. The molecule has 0 radical (unpaired) electrons. The number of halogens is 2. The molecule has 0 spiro atoms. The number of amides is 1. The second-order valence-electron chi connectivity index (χ2n) is 4.62. The van der Waals surface area contributed by atoms with E-state index in [1.807, 2.05) is 18.2 Å². The lowest BCUT2D eigenvalue weighted by atomic mass is 10.2. The number of rotatable bonds is 4. The van der Waals surface area contributed by atoms with Crippen molar-refractivity contribution in [3.8, 4) is 10.7 Å². The van der Waals surface area contributed by atoms with Crippen molar-refractivity contribution in [1.82, 2.24) is 15.2 Å². The van der Waals surface area contributed by atoms with Crippen molar-refractivity contribution in [3.63, 3.8) is 0 Å². The van der Waals surface area contributed by atoms with Crippen molar-refractivity contribution in [2.45, 2.75) is 0 Å².